The van der Waals surface area contributed by atoms with E-state index in [0.717, 1.165) is 17.0 Å². The number of rotatable bonds is 5. The number of aromatic nitrogens is 2. The molecule has 0 aliphatic carbocycles. The molecule has 0 spiro atoms. The first kappa shape index (κ1) is 14.6. The van der Waals surface area contributed by atoms with Gasteiger partial charge in [-0.3, -0.25) is 0 Å². The van der Waals surface area contributed by atoms with Gasteiger partial charge in [-0.15, -0.1) is 10.2 Å². The molecule has 0 saturated carbocycles. The van der Waals surface area contributed by atoms with Crippen molar-refractivity contribution in [3.63, 3.8) is 0 Å². The summed E-state index contributed by atoms with van der Waals surface area (Å²) in [6.45, 7) is 0.349. The Bertz CT molecular complexity index is 834. The zero-order valence-corrected chi connectivity index (χ0v) is 12.5. The SMILES string of the molecule is COc1ccc(-c2nnc(CNc3ccccc3C#N)o2)cc1. The van der Waals surface area contributed by atoms with Crippen molar-refractivity contribution in [2.75, 3.05) is 12.4 Å². The van der Waals surface area contributed by atoms with Gasteiger partial charge in [0.25, 0.3) is 0 Å². The van der Waals surface area contributed by atoms with Gasteiger partial charge in [0.15, 0.2) is 0 Å². The molecule has 6 nitrogen and oxygen atoms in total. The largest absolute Gasteiger partial charge is 0.497 e. The van der Waals surface area contributed by atoms with Crippen LogP contribution in [-0.4, -0.2) is 17.3 Å². The summed E-state index contributed by atoms with van der Waals surface area (Å²) in [5.74, 6) is 1.66. The van der Waals surface area contributed by atoms with E-state index in [4.69, 9.17) is 14.4 Å². The van der Waals surface area contributed by atoms with Crippen molar-refractivity contribution in [2.24, 2.45) is 0 Å². The van der Waals surface area contributed by atoms with Gasteiger partial charge in [-0.2, -0.15) is 5.26 Å². The smallest absolute Gasteiger partial charge is 0.247 e. The zero-order chi connectivity index (χ0) is 16.1. The summed E-state index contributed by atoms with van der Waals surface area (Å²) in [5.41, 5.74) is 2.13. The van der Waals surface area contributed by atoms with Crippen molar-refractivity contribution >= 4 is 5.69 Å². The normalized spacial score (nSPS) is 10.1. The van der Waals surface area contributed by atoms with Crippen LogP contribution in [0.3, 0.4) is 0 Å². The molecule has 0 amide bonds. The predicted molar refractivity (Wildman–Crippen MR) is 84.8 cm³/mol. The van der Waals surface area contributed by atoms with Crippen molar-refractivity contribution in [1.82, 2.24) is 10.2 Å². The maximum absolute atomic E-state index is 9.06. The third kappa shape index (κ3) is 3.30. The van der Waals surface area contributed by atoms with Crippen molar-refractivity contribution in [1.29, 1.82) is 5.26 Å². The number of ether oxygens (including phenoxy) is 1. The van der Waals surface area contributed by atoms with E-state index >= 15 is 0 Å². The summed E-state index contributed by atoms with van der Waals surface area (Å²) in [4.78, 5) is 0. The minimum absolute atomic E-state index is 0.349. The number of hydrogen-bond acceptors (Lipinski definition) is 6. The molecule has 0 aliphatic rings. The average molecular weight is 306 g/mol. The molecule has 3 aromatic rings. The lowest BCUT2D eigenvalue weighted by atomic mass is 10.2. The minimum atomic E-state index is 0.349. The van der Waals surface area contributed by atoms with E-state index in [0.29, 0.717) is 23.9 Å². The Hall–Kier alpha value is -3.33. The second-order valence-corrected chi connectivity index (χ2v) is 4.74. The van der Waals surface area contributed by atoms with Gasteiger partial charge in [0.2, 0.25) is 11.8 Å². The summed E-state index contributed by atoms with van der Waals surface area (Å²) < 4.78 is 10.7. The monoisotopic (exact) mass is 306 g/mol. The standard InChI is InChI=1S/C17H14N4O2/c1-22-14-8-6-12(7-9-14)17-21-20-16(23-17)11-19-15-5-3-2-4-13(15)10-18/h2-9,19H,11H2,1H3. The molecular weight excluding hydrogens is 292 g/mol. The quantitative estimate of drug-likeness (QED) is 0.779. The first-order valence-corrected chi connectivity index (χ1v) is 7.00. The third-order valence-corrected chi connectivity index (χ3v) is 3.28. The highest BCUT2D eigenvalue weighted by Gasteiger charge is 2.09. The molecule has 0 unspecified atom stereocenters. The Labute approximate surface area is 133 Å². The molecule has 0 aliphatic heterocycles. The predicted octanol–water partition coefficient (Wildman–Crippen LogP) is 3.23. The summed E-state index contributed by atoms with van der Waals surface area (Å²) >= 11 is 0. The lowest BCUT2D eigenvalue weighted by molar-refractivity contribution is 0.415. The van der Waals surface area contributed by atoms with Crippen LogP contribution in [0.1, 0.15) is 11.5 Å². The van der Waals surface area contributed by atoms with Crippen LogP contribution >= 0.6 is 0 Å². The van der Waals surface area contributed by atoms with Gasteiger partial charge in [0, 0.05) is 5.56 Å². The number of nitriles is 1. The van der Waals surface area contributed by atoms with Gasteiger partial charge in [0.1, 0.15) is 11.8 Å². The second-order valence-electron chi connectivity index (χ2n) is 4.74. The molecule has 3 rings (SSSR count). The van der Waals surface area contributed by atoms with Crippen LogP contribution in [0.5, 0.6) is 5.75 Å². The highest BCUT2D eigenvalue weighted by atomic mass is 16.5. The van der Waals surface area contributed by atoms with E-state index in [1.54, 1.807) is 13.2 Å². The van der Waals surface area contributed by atoms with Crippen molar-refractivity contribution < 1.29 is 9.15 Å². The number of methoxy groups -OCH3 is 1. The number of nitrogens with one attached hydrogen (secondary N) is 1. The number of hydrogen-bond donors (Lipinski definition) is 1. The van der Waals surface area contributed by atoms with E-state index in [-0.39, 0.29) is 0 Å². The highest BCUT2D eigenvalue weighted by molar-refractivity contribution is 5.57. The van der Waals surface area contributed by atoms with Crippen molar-refractivity contribution in [3.05, 3.63) is 60.0 Å². The summed E-state index contributed by atoms with van der Waals surface area (Å²) in [6.07, 6.45) is 0. The Morgan fingerprint density at radius 3 is 2.65 bits per heavy atom. The number of anilines is 1. The van der Waals surface area contributed by atoms with Gasteiger partial charge in [-0.25, -0.2) is 0 Å². The third-order valence-electron chi connectivity index (χ3n) is 3.28. The molecule has 0 fully saturated rings. The lowest BCUT2D eigenvalue weighted by Crippen LogP contribution is -2.01. The van der Waals surface area contributed by atoms with Crippen LogP contribution in [0.2, 0.25) is 0 Å². The van der Waals surface area contributed by atoms with Crippen LogP contribution in [0.15, 0.2) is 52.9 Å². The van der Waals surface area contributed by atoms with Gasteiger partial charge in [-0.1, -0.05) is 12.1 Å². The summed E-state index contributed by atoms with van der Waals surface area (Å²) in [7, 11) is 1.62. The van der Waals surface area contributed by atoms with Gasteiger partial charge in [0.05, 0.1) is 24.9 Å². The fraction of sp³-hybridized carbons (Fsp3) is 0.118. The van der Waals surface area contributed by atoms with Crippen LogP contribution in [-0.2, 0) is 6.54 Å². The molecule has 1 heterocycles. The molecular formula is C17H14N4O2. The van der Waals surface area contributed by atoms with E-state index in [1.165, 1.54) is 0 Å². The molecule has 0 atom stereocenters. The Kier molecular flexibility index (Phi) is 4.20. The first-order valence-electron chi connectivity index (χ1n) is 7.00. The molecule has 1 N–H and O–H groups in total. The molecule has 23 heavy (non-hydrogen) atoms. The Balaban J connectivity index is 1.71. The van der Waals surface area contributed by atoms with Crippen LogP contribution in [0, 0.1) is 11.3 Å². The van der Waals surface area contributed by atoms with Crippen LogP contribution in [0.4, 0.5) is 5.69 Å². The van der Waals surface area contributed by atoms with E-state index < -0.39 is 0 Å². The molecule has 0 radical (unpaired) electrons. The Morgan fingerprint density at radius 2 is 1.91 bits per heavy atom. The lowest BCUT2D eigenvalue weighted by Gasteiger charge is -2.04. The number of benzene rings is 2. The number of nitrogens with zero attached hydrogens (tertiary/aromatic N) is 3. The van der Waals surface area contributed by atoms with Gasteiger partial charge in [-0.05, 0) is 36.4 Å². The highest BCUT2D eigenvalue weighted by Crippen LogP contribution is 2.21. The molecule has 0 bridgehead atoms. The van der Waals surface area contributed by atoms with Gasteiger partial charge >= 0.3 is 0 Å². The van der Waals surface area contributed by atoms with E-state index in [9.17, 15) is 0 Å². The van der Waals surface area contributed by atoms with Crippen molar-refractivity contribution in [2.45, 2.75) is 6.54 Å². The van der Waals surface area contributed by atoms with Crippen molar-refractivity contribution in [3.8, 4) is 23.3 Å². The summed E-state index contributed by atoms with van der Waals surface area (Å²) in [5, 5.41) is 20.2. The van der Waals surface area contributed by atoms with E-state index in [1.807, 2.05) is 42.5 Å². The molecule has 6 heteroatoms. The van der Waals surface area contributed by atoms with Crippen LogP contribution in [0.25, 0.3) is 11.5 Å². The molecule has 114 valence electrons. The zero-order valence-electron chi connectivity index (χ0n) is 12.5. The fourth-order valence-electron chi connectivity index (χ4n) is 2.08. The minimum Gasteiger partial charge on any atom is -0.497 e. The molecule has 1 aromatic heterocycles. The van der Waals surface area contributed by atoms with Gasteiger partial charge < -0.3 is 14.5 Å². The van der Waals surface area contributed by atoms with E-state index in [2.05, 4.69) is 21.6 Å². The van der Waals surface area contributed by atoms with Crippen LogP contribution < -0.4 is 10.1 Å². The maximum Gasteiger partial charge on any atom is 0.247 e. The molecule has 0 saturated heterocycles. The number of para-hydroxylation sites is 1. The Morgan fingerprint density at radius 1 is 1.13 bits per heavy atom. The molecule has 2 aromatic carbocycles. The average Bonchev–Trinajstić information content (AvgIpc) is 3.09. The summed E-state index contributed by atoms with van der Waals surface area (Å²) in [6, 6.07) is 16.8. The topological polar surface area (TPSA) is 84.0 Å². The fourth-order valence-corrected chi connectivity index (χ4v) is 2.08. The first-order chi connectivity index (χ1) is 11.3. The second kappa shape index (κ2) is 6.62. The maximum atomic E-state index is 9.06.